The van der Waals surface area contributed by atoms with Gasteiger partial charge in [-0.3, -0.25) is 4.79 Å². The molecule has 21 heavy (non-hydrogen) atoms. The Balaban J connectivity index is 2.26. The minimum atomic E-state index is -0.515. The van der Waals surface area contributed by atoms with Gasteiger partial charge in [0.2, 0.25) is 0 Å². The van der Waals surface area contributed by atoms with E-state index in [0.29, 0.717) is 4.99 Å². The lowest BCUT2D eigenvalue weighted by atomic mass is 9.89. The van der Waals surface area contributed by atoms with Gasteiger partial charge in [0.05, 0.1) is 10.5 Å². The van der Waals surface area contributed by atoms with Crippen molar-refractivity contribution in [1.82, 2.24) is 5.32 Å². The number of rotatable bonds is 3. The minimum absolute atomic E-state index is 0.0640. The summed E-state index contributed by atoms with van der Waals surface area (Å²) in [5.41, 5.74) is 8.32. The Hall–Kier alpha value is -1.42. The van der Waals surface area contributed by atoms with Gasteiger partial charge < -0.3 is 11.1 Å². The summed E-state index contributed by atoms with van der Waals surface area (Å²) < 4.78 is 0. The highest BCUT2D eigenvalue weighted by atomic mass is 32.1. The SMILES string of the molecule is Cc1cccc(C(=O)NC2(C(N)=S)CCCCCC2)c1C. The van der Waals surface area contributed by atoms with Crippen LogP contribution in [0.5, 0.6) is 0 Å². The lowest BCUT2D eigenvalue weighted by Crippen LogP contribution is -2.56. The molecule has 3 nitrogen and oxygen atoms in total. The molecule has 0 unspecified atom stereocenters. The van der Waals surface area contributed by atoms with Crippen LogP contribution < -0.4 is 11.1 Å². The highest BCUT2D eigenvalue weighted by molar-refractivity contribution is 7.80. The Labute approximate surface area is 132 Å². The zero-order valence-corrected chi connectivity index (χ0v) is 13.7. The lowest BCUT2D eigenvalue weighted by molar-refractivity contribution is 0.0917. The van der Waals surface area contributed by atoms with E-state index in [4.69, 9.17) is 18.0 Å². The van der Waals surface area contributed by atoms with Crippen LogP contribution in [-0.2, 0) is 0 Å². The third-order valence-electron chi connectivity index (χ3n) is 4.63. The van der Waals surface area contributed by atoms with Crippen LogP contribution >= 0.6 is 12.2 Å². The third kappa shape index (κ3) is 3.43. The first-order chi connectivity index (χ1) is 9.96. The fraction of sp³-hybridized carbons (Fsp3) is 0.529. The summed E-state index contributed by atoms with van der Waals surface area (Å²) in [7, 11) is 0. The van der Waals surface area contributed by atoms with Crippen LogP contribution in [0.25, 0.3) is 0 Å². The van der Waals surface area contributed by atoms with Crippen molar-refractivity contribution in [2.24, 2.45) is 5.73 Å². The van der Waals surface area contributed by atoms with Crippen LogP contribution in [0, 0.1) is 13.8 Å². The molecular weight excluding hydrogens is 280 g/mol. The van der Waals surface area contributed by atoms with Crippen molar-refractivity contribution >= 4 is 23.1 Å². The van der Waals surface area contributed by atoms with E-state index in [1.165, 1.54) is 12.8 Å². The highest BCUT2D eigenvalue weighted by Crippen LogP contribution is 2.28. The molecule has 1 aliphatic carbocycles. The molecule has 0 atom stereocenters. The predicted molar refractivity (Wildman–Crippen MR) is 90.6 cm³/mol. The van der Waals surface area contributed by atoms with Crippen LogP contribution in [0.3, 0.4) is 0 Å². The Morgan fingerprint density at radius 3 is 2.38 bits per heavy atom. The summed E-state index contributed by atoms with van der Waals surface area (Å²) in [5.74, 6) is -0.0640. The molecule has 0 saturated heterocycles. The van der Waals surface area contributed by atoms with Gasteiger partial charge in [0.25, 0.3) is 5.91 Å². The molecular formula is C17H24N2OS. The molecule has 1 amide bonds. The van der Waals surface area contributed by atoms with Gasteiger partial charge in [-0.05, 0) is 43.9 Å². The molecule has 1 aromatic rings. The number of aryl methyl sites for hydroxylation is 1. The van der Waals surface area contributed by atoms with E-state index in [-0.39, 0.29) is 5.91 Å². The summed E-state index contributed by atoms with van der Waals surface area (Å²) in [6.07, 6.45) is 6.18. The van der Waals surface area contributed by atoms with Gasteiger partial charge in [-0.15, -0.1) is 0 Å². The van der Waals surface area contributed by atoms with Crippen LogP contribution in [0.15, 0.2) is 18.2 Å². The zero-order valence-electron chi connectivity index (χ0n) is 12.9. The van der Waals surface area contributed by atoms with Crippen LogP contribution in [0.2, 0.25) is 0 Å². The van der Waals surface area contributed by atoms with Crippen molar-refractivity contribution in [3.63, 3.8) is 0 Å². The molecule has 1 saturated carbocycles. The number of benzene rings is 1. The Bertz CT molecular complexity index is 546. The molecule has 2 rings (SSSR count). The van der Waals surface area contributed by atoms with Crippen molar-refractivity contribution in [1.29, 1.82) is 0 Å². The fourth-order valence-corrected chi connectivity index (χ4v) is 3.30. The molecule has 1 aromatic carbocycles. The summed E-state index contributed by atoms with van der Waals surface area (Å²) in [4.78, 5) is 13.1. The molecule has 0 aromatic heterocycles. The van der Waals surface area contributed by atoms with Gasteiger partial charge in [-0.25, -0.2) is 0 Å². The second-order valence-corrected chi connectivity index (χ2v) is 6.50. The summed E-state index contributed by atoms with van der Waals surface area (Å²) >= 11 is 5.28. The van der Waals surface area contributed by atoms with Crippen LogP contribution in [0.4, 0.5) is 0 Å². The number of thiocarbonyl (C=S) groups is 1. The number of hydrogen-bond donors (Lipinski definition) is 2. The maximum atomic E-state index is 12.7. The Morgan fingerprint density at radius 2 is 1.81 bits per heavy atom. The maximum absolute atomic E-state index is 12.7. The number of carbonyl (C=O) groups is 1. The maximum Gasteiger partial charge on any atom is 0.252 e. The van der Waals surface area contributed by atoms with Gasteiger partial charge in [-0.1, -0.05) is 50.0 Å². The first-order valence-corrected chi connectivity index (χ1v) is 8.06. The van der Waals surface area contributed by atoms with Gasteiger partial charge in [0.15, 0.2) is 0 Å². The topological polar surface area (TPSA) is 55.1 Å². The molecule has 1 aliphatic rings. The van der Waals surface area contributed by atoms with Gasteiger partial charge >= 0.3 is 0 Å². The summed E-state index contributed by atoms with van der Waals surface area (Å²) in [5, 5.41) is 3.15. The molecule has 0 spiro atoms. The molecule has 0 radical (unpaired) electrons. The predicted octanol–water partition coefficient (Wildman–Crippen LogP) is 3.41. The van der Waals surface area contributed by atoms with Crippen molar-refractivity contribution in [2.75, 3.05) is 0 Å². The average Bonchev–Trinajstić information content (AvgIpc) is 2.68. The first kappa shape index (κ1) is 16.0. The molecule has 4 heteroatoms. The van der Waals surface area contributed by atoms with E-state index in [0.717, 1.165) is 42.4 Å². The Morgan fingerprint density at radius 1 is 1.19 bits per heavy atom. The number of nitrogens with one attached hydrogen (secondary N) is 1. The van der Waals surface area contributed by atoms with E-state index < -0.39 is 5.54 Å². The van der Waals surface area contributed by atoms with E-state index in [2.05, 4.69) is 5.32 Å². The normalized spacial score (nSPS) is 17.8. The van der Waals surface area contributed by atoms with Crippen molar-refractivity contribution < 1.29 is 4.79 Å². The van der Waals surface area contributed by atoms with Crippen molar-refractivity contribution in [3.8, 4) is 0 Å². The van der Waals surface area contributed by atoms with Gasteiger partial charge in [0, 0.05) is 5.56 Å². The smallest absolute Gasteiger partial charge is 0.252 e. The second-order valence-electron chi connectivity index (χ2n) is 6.06. The second kappa shape index (κ2) is 6.56. The fourth-order valence-electron chi connectivity index (χ4n) is 3.05. The number of hydrogen-bond acceptors (Lipinski definition) is 2. The molecule has 0 bridgehead atoms. The standard InChI is InChI=1S/C17H24N2OS/c1-12-8-7-9-14(13(12)2)15(20)19-17(16(18)21)10-5-3-4-6-11-17/h7-9H,3-6,10-11H2,1-2H3,(H2,18,21)(H,19,20). The number of nitrogens with two attached hydrogens (primary N) is 1. The number of amides is 1. The van der Waals surface area contributed by atoms with Crippen LogP contribution in [-0.4, -0.2) is 16.4 Å². The van der Waals surface area contributed by atoms with Gasteiger partial charge in [0.1, 0.15) is 0 Å². The monoisotopic (exact) mass is 304 g/mol. The van der Waals surface area contributed by atoms with E-state index >= 15 is 0 Å². The van der Waals surface area contributed by atoms with E-state index in [1.54, 1.807) is 0 Å². The summed E-state index contributed by atoms with van der Waals surface area (Å²) in [6.45, 7) is 3.99. The quantitative estimate of drug-likeness (QED) is 0.664. The molecule has 1 fully saturated rings. The van der Waals surface area contributed by atoms with Crippen LogP contribution in [0.1, 0.15) is 60.0 Å². The van der Waals surface area contributed by atoms with E-state index in [1.807, 2.05) is 32.0 Å². The lowest BCUT2D eigenvalue weighted by Gasteiger charge is -2.33. The zero-order chi connectivity index (χ0) is 15.5. The third-order valence-corrected chi connectivity index (χ3v) is 5.02. The van der Waals surface area contributed by atoms with Crippen molar-refractivity contribution in [2.45, 2.75) is 57.9 Å². The average molecular weight is 304 g/mol. The first-order valence-electron chi connectivity index (χ1n) is 7.65. The van der Waals surface area contributed by atoms with Crippen molar-refractivity contribution in [3.05, 3.63) is 34.9 Å². The molecule has 114 valence electrons. The summed E-state index contributed by atoms with van der Waals surface area (Å²) in [6, 6.07) is 5.79. The Kier molecular flexibility index (Phi) is 4.99. The minimum Gasteiger partial charge on any atom is -0.391 e. The number of carbonyl (C=O) groups excluding carboxylic acids is 1. The molecule has 0 heterocycles. The van der Waals surface area contributed by atoms with E-state index in [9.17, 15) is 4.79 Å². The highest BCUT2D eigenvalue weighted by Gasteiger charge is 2.35. The largest absolute Gasteiger partial charge is 0.391 e. The van der Waals surface area contributed by atoms with Gasteiger partial charge in [-0.2, -0.15) is 0 Å². The molecule has 3 N–H and O–H groups in total. The molecule has 0 aliphatic heterocycles.